The number of halogens is 4. The Morgan fingerprint density at radius 1 is 1.20 bits per heavy atom. The number of hydrogen-bond acceptors (Lipinski definition) is 4. The fraction of sp³-hybridized carbons (Fsp3) is 0.133. The second kappa shape index (κ2) is 6.68. The summed E-state index contributed by atoms with van der Waals surface area (Å²) >= 11 is 3.21. The Morgan fingerprint density at radius 3 is 2.64 bits per heavy atom. The SMILES string of the molecule is CS(=O)c1ccnc(-n2cc(Br)nc2-c2cccc(C(F)(F)F)c2)n1. The molecule has 0 aliphatic carbocycles. The Balaban J connectivity index is 2.14. The van der Waals surface area contributed by atoms with E-state index in [0.29, 0.717) is 9.63 Å². The van der Waals surface area contributed by atoms with Gasteiger partial charge in [0.25, 0.3) is 0 Å². The average Bonchev–Trinajstić information content (AvgIpc) is 2.96. The van der Waals surface area contributed by atoms with Gasteiger partial charge in [-0.25, -0.2) is 15.0 Å². The summed E-state index contributed by atoms with van der Waals surface area (Å²) in [7, 11) is -1.32. The molecule has 0 spiro atoms. The van der Waals surface area contributed by atoms with Gasteiger partial charge in [0, 0.05) is 24.2 Å². The molecule has 5 nitrogen and oxygen atoms in total. The number of rotatable bonds is 3. The van der Waals surface area contributed by atoms with Crippen molar-refractivity contribution in [3.63, 3.8) is 0 Å². The monoisotopic (exact) mass is 430 g/mol. The molecular weight excluding hydrogens is 421 g/mol. The fourth-order valence-electron chi connectivity index (χ4n) is 2.15. The van der Waals surface area contributed by atoms with Crippen molar-refractivity contribution in [1.29, 1.82) is 0 Å². The number of hydrogen-bond donors (Lipinski definition) is 0. The van der Waals surface area contributed by atoms with Gasteiger partial charge in [-0.05, 0) is 34.1 Å². The van der Waals surface area contributed by atoms with Gasteiger partial charge in [0.1, 0.15) is 15.5 Å². The number of alkyl halides is 3. The van der Waals surface area contributed by atoms with E-state index < -0.39 is 22.5 Å². The number of benzene rings is 1. The van der Waals surface area contributed by atoms with Crippen LogP contribution in [-0.2, 0) is 17.0 Å². The van der Waals surface area contributed by atoms with Crippen LogP contribution in [0, 0.1) is 0 Å². The standard InChI is InChI=1S/C15H10BrF3N4OS/c1-25(24)12-5-6-20-14(22-12)23-8-11(16)21-13(23)9-3-2-4-10(7-9)15(17,18)19/h2-8H,1H3. The van der Waals surface area contributed by atoms with Crippen molar-refractivity contribution in [2.75, 3.05) is 6.26 Å². The zero-order valence-electron chi connectivity index (χ0n) is 12.7. The Morgan fingerprint density at radius 2 is 1.96 bits per heavy atom. The maximum atomic E-state index is 13.0. The lowest BCUT2D eigenvalue weighted by Gasteiger charge is -2.10. The molecule has 0 N–H and O–H groups in total. The van der Waals surface area contributed by atoms with Gasteiger partial charge >= 0.3 is 6.18 Å². The van der Waals surface area contributed by atoms with Crippen molar-refractivity contribution >= 4 is 26.7 Å². The van der Waals surface area contributed by atoms with Crippen molar-refractivity contribution in [2.45, 2.75) is 11.2 Å². The Bertz CT molecular complexity index is 958. The third-order valence-electron chi connectivity index (χ3n) is 3.25. The van der Waals surface area contributed by atoms with Crippen LogP contribution in [0.1, 0.15) is 5.56 Å². The molecule has 2 heterocycles. The van der Waals surface area contributed by atoms with Gasteiger partial charge in [0.05, 0.1) is 16.4 Å². The van der Waals surface area contributed by atoms with E-state index >= 15 is 0 Å². The summed E-state index contributed by atoms with van der Waals surface area (Å²) in [5.74, 6) is 0.398. The molecule has 3 rings (SSSR count). The van der Waals surface area contributed by atoms with Crippen LogP contribution in [0.15, 0.2) is 52.4 Å². The Hall–Kier alpha value is -2.07. The van der Waals surface area contributed by atoms with Gasteiger partial charge < -0.3 is 0 Å². The summed E-state index contributed by atoms with van der Waals surface area (Å²) in [6.07, 6.45) is -0.0139. The average molecular weight is 431 g/mol. The predicted molar refractivity (Wildman–Crippen MR) is 89.6 cm³/mol. The van der Waals surface area contributed by atoms with E-state index in [1.165, 1.54) is 41.4 Å². The number of imidazole rings is 1. The highest BCUT2D eigenvalue weighted by Gasteiger charge is 2.31. The first kappa shape index (κ1) is 17.7. The molecule has 25 heavy (non-hydrogen) atoms. The zero-order chi connectivity index (χ0) is 18.2. The number of nitrogens with zero attached hydrogens (tertiary/aromatic N) is 4. The smallest absolute Gasteiger partial charge is 0.266 e. The first-order chi connectivity index (χ1) is 11.8. The van der Waals surface area contributed by atoms with Gasteiger partial charge in [0.2, 0.25) is 5.95 Å². The van der Waals surface area contributed by atoms with E-state index in [0.717, 1.165) is 12.1 Å². The van der Waals surface area contributed by atoms with Crippen molar-refractivity contribution in [2.24, 2.45) is 0 Å². The second-order valence-corrected chi connectivity index (χ2v) is 7.12. The lowest BCUT2D eigenvalue weighted by atomic mass is 10.1. The van der Waals surface area contributed by atoms with Crippen LogP contribution >= 0.6 is 15.9 Å². The molecule has 2 aromatic heterocycles. The minimum Gasteiger partial charge on any atom is -0.266 e. The highest BCUT2D eigenvalue weighted by molar-refractivity contribution is 9.10. The molecule has 1 atom stereocenters. The Labute approximate surface area is 151 Å². The molecule has 0 aliphatic heterocycles. The lowest BCUT2D eigenvalue weighted by molar-refractivity contribution is -0.137. The van der Waals surface area contributed by atoms with Crippen LogP contribution in [0.2, 0.25) is 0 Å². The van der Waals surface area contributed by atoms with Crippen molar-refractivity contribution in [1.82, 2.24) is 19.5 Å². The molecule has 0 aliphatic rings. The fourth-order valence-corrected chi connectivity index (χ4v) is 2.99. The maximum Gasteiger partial charge on any atom is 0.416 e. The van der Waals surface area contributed by atoms with Crippen LogP contribution < -0.4 is 0 Å². The van der Waals surface area contributed by atoms with Gasteiger partial charge in [-0.1, -0.05) is 12.1 Å². The van der Waals surface area contributed by atoms with Gasteiger partial charge in [-0.2, -0.15) is 13.2 Å². The summed E-state index contributed by atoms with van der Waals surface area (Å²) in [6, 6.07) is 6.33. The summed E-state index contributed by atoms with van der Waals surface area (Å²) in [4.78, 5) is 12.5. The molecule has 0 saturated heterocycles. The lowest BCUT2D eigenvalue weighted by Crippen LogP contribution is -2.07. The van der Waals surface area contributed by atoms with Crippen LogP contribution in [0.5, 0.6) is 0 Å². The molecule has 10 heteroatoms. The third kappa shape index (κ3) is 3.79. The van der Waals surface area contributed by atoms with Gasteiger partial charge in [-0.3, -0.25) is 8.78 Å². The molecule has 0 bridgehead atoms. The molecule has 1 aromatic carbocycles. The van der Waals surface area contributed by atoms with Crippen molar-refractivity contribution in [3.8, 4) is 17.3 Å². The third-order valence-corrected chi connectivity index (χ3v) is 4.45. The normalized spacial score (nSPS) is 13.0. The van der Waals surface area contributed by atoms with Crippen molar-refractivity contribution < 1.29 is 17.4 Å². The highest BCUT2D eigenvalue weighted by Crippen LogP contribution is 2.32. The van der Waals surface area contributed by atoms with Gasteiger partial charge in [0.15, 0.2) is 0 Å². The van der Waals surface area contributed by atoms with E-state index in [1.807, 2.05) is 0 Å². The van der Waals surface area contributed by atoms with Crippen LogP contribution in [0.3, 0.4) is 0 Å². The molecule has 0 radical (unpaired) electrons. The first-order valence-electron chi connectivity index (χ1n) is 6.85. The predicted octanol–water partition coefficient (Wildman–Crippen LogP) is 3.85. The van der Waals surface area contributed by atoms with E-state index in [1.54, 1.807) is 0 Å². The molecule has 1 unspecified atom stereocenters. The van der Waals surface area contributed by atoms with Crippen LogP contribution in [-0.4, -0.2) is 30.0 Å². The second-order valence-electron chi connectivity index (χ2n) is 4.98. The quantitative estimate of drug-likeness (QED) is 0.592. The van der Waals surface area contributed by atoms with Crippen LogP contribution in [0.25, 0.3) is 17.3 Å². The minimum absolute atomic E-state index is 0.165. The molecule has 0 amide bonds. The van der Waals surface area contributed by atoms with E-state index in [2.05, 4.69) is 30.9 Å². The summed E-state index contributed by atoms with van der Waals surface area (Å²) in [5.41, 5.74) is -0.521. The van der Waals surface area contributed by atoms with E-state index in [4.69, 9.17) is 0 Å². The zero-order valence-corrected chi connectivity index (χ0v) is 15.1. The Kier molecular flexibility index (Phi) is 4.74. The highest BCUT2D eigenvalue weighted by atomic mass is 79.9. The summed E-state index contributed by atoms with van der Waals surface area (Å²) in [6.45, 7) is 0. The largest absolute Gasteiger partial charge is 0.416 e. The first-order valence-corrected chi connectivity index (χ1v) is 9.20. The molecule has 0 saturated carbocycles. The molecule has 3 aromatic rings. The van der Waals surface area contributed by atoms with Gasteiger partial charge in [-0.15, -0.1) is 0 Å². The summed E-state index contributed by atoms with van der Waals surface area (Å²) in [5, 5.41) is 0.310. The van der Waals surface area contributed by atoms with Crippen molar-refractivity contribution in [3.05, 3.63) is 52.9 Å². The molecular formula is C15H10BrF3N4OS. The molecule has 0 fully saturated rings. The minimum atomic E-state index is -4.46. The van der Waals surface area contributed by atoms with E-state index in [-0.39, 0.29) is 17.3 Å². The summed E-state index contributed by atoms with van der Waals surface area (Å²) < 4.78 is 52.3. The van der Waals surface area contributed by atoms with Crippen LogP contribution in [0.4, 0.5) is 13.2 Å². The maximum absolute atomic E-state index is 13.0. The number of aromatic nitrogens is 4. The molecule has 130 valence electrons. The topological polar surface area (TPSA) is 60.7 Å². The van der Waals surface area contributed by atoms with E-state index in [9.17, 15) is 17.4 Å².